The van der Waals surface area contributed by atoms with Gasteiger partial charge in [-0.15, -0.1) is 0 Å². The van der Waals surface area contributed by atoms with Crippen molar-refractivity contribution in [2.75, 3.05) is 18.9 Å². The Labute approximate surface area is 195 Å². The van der Waals surface area contributed by atoms with Crippen molar-refractivity contribution in [3.05, 3.63) is 53.9 Å². The summed E-state index contributed by atoms with van der Waals surface area (Å²) in [5.41, 5.74) is 8.26. The van der Waals surface area contributed by atoms with Crippen LogP contribution < -0.4 is 15.5 Å². The largest absolute Gasteiger partial charge is 0.426 e. The molecule has 1 rings (SSSR count). The molecule has 0 bridgehead atoms. The van der Waals surface area contributed by atoms with Crippen molar-refractivity contribution in [3.63, 3.8) is 0 Å². The molecule has 0 amide bonds. The monoisotopic (exact) mass is 441 g/mol. The maximum Gasteiger partial charge on any atom is 0.311 e. The minimum atomic E-state index is -0.224. The summed E-state index contributed by atoms with van der Waals surface area (Å²) in [5.74, 6) is 1.42. The zero-order valence-corrected chi connectivity index (χ0v) is 21.3. The zero-order chi connectivity index (χ0) is 24.3. The first-order chi connectivity index (χ1) is 15.1. The third-order valence-electron chi connectivity index (χ3n) is 5.58. The number of allylic oxidation sites excluding steroid dienone is 3. The van der Waals surface area contributed by atoms with Crippen LogP contribution >= 0.6 is 0 Å². The molecule has 0 aromatic heterocycles. The fourth-order valence-corrected chi connectivity index (χ4v) is 3.26. The number of carbonyl (C=O) groups is 1. The fraction of sp³-hybridized carbons (Fsp3) is 0.519. The molecule has 1 aromatic rings. The van der Waals surface area contributed by atoms with E-state index in [1.807, 2.05) is 39.1 Å². The highest BCUT2D eigenvalue weighted by Crippen LogP contribution is 2.29. The Hall–Kier alpha value is -2.53. The van der Waals surface area contributed by atoms with Gasteiger partial charge in [-0.05, 0) is 56.2 Å². The van der Waals surface area contributed by atoms with Gasteiger partial charge >= 0.3 is 5.97 Å². The van der Waals surface area contributed by atoms with Crippen molar-refractivity contribution in [3.8, 4) is 5.75 Å². The summed E-state index contributed by atoms with van der Waals surface area (Å²) in [6, 6.07) is 5.83. The lowest BCUT2D eigenvalue weighted by molar-refractivity contribution is -0.134. The number of esters is 1. The van der Waals surface area contributed by atoms with Crippen LogP contribution in [0.15, 0.2) is 48.3 Å². The van der Waals surface area contributed by atoms with Gasteiger partial charge in [0.1, 0.15) is 5.75 Å². The van der Waals surface area contributed by atoms with Crippen LogP contribution in [-0.2, 0) is 4.79 Å². The molecule has 178 valence electrons. The van der Waals surface area contributed by atoms with Gasteiger partial charge in [0.2, 0.25) is 0 Å². The standard InChI is InChI=1S/C27H43N3O2/c1-10-12-24(18-30(28-9)17-21(7)22(8)19(3)4)29-23-14-15-25(20(5)6)26(16-23)32-27(31)13-11-2/h12,14-17,19,22,28-29H,5,10-11,13,18H2,1-4,6-9H3/b21-17+,24-12+. The average Bonchev–Trinajstić information content (AvgIpc) is 2.72. The van der Waals surface area contributed by atoms with E-state index in [9.17, 15) is 4.79 Å². The highest BCUT2D eigenvalue weighted by atomic mass is 16.5. The first-order valence-corrected chi connectivity index (χ1v) is 11.7. The van der Waals surface area contributed by atoms with E-state index in [2.05, 4.69) is 69.2 Å². The van der Waals surface area contributed by atoms with E-state index in [-0.39, 0.29) is 5.97 Å². The molecule has 0 saturated heterocycles. The van der Waals surface area contributed by atoms with Crippen LogP contribution in [0.1, 0.15) is 73.3 Å². The number of rotatable bonds is 13. The second-order valence-electron chi connectivity index (χ2n) is 8.74. The number of hydrazine groups is 1. The van der Waals surface area contributed by atoms with E-state index in [1.54, 1.807) is 0 Å². The van der Waals surface area contributed by atoms with Gasteiger partial charge in [0.05, 0.1) is 6.54 Å². The number of carbonyl (C=O) groups excluding carboxylic acids is 1. The van der Waals surface area contributed by atoms with Crippen LogP contribution in [0.5, 0.6) is 5.75 Å². The van der Waals surface area contributed by atoms with Gasteiger partial charge in [-0.1, -0.05) is 52.8 Å². The highest BCUT2D eigenvalue weighted by molar-refractivity contribution is 5.77. The van der Waals surface area contributed by atoms with Gasteiger partial charge in [0.25, 0.3) is 0 Å². The molecule has 0 fully saturated rings. The molecule has 0 heterocycles. The van der Waals surface area contributed by atoms with Gasteiger partial charge < -0.3 is 15.1 Å². The third kappa shape index (κ3) is 8.91. The summed E-state index contributed by atoms with van der Waals surface area (Å²) in [6.45, 7) is 19.6. The van der Waals surface area contributed by atoms with Crippen LogP contribution in [0.25, 0.3) is 5.57 Å². The SMILES string of the molecule is C=C(C)c1ccc(N/C(=C/CC)CN(/C=C(\C)C(C)C(C)C)NC)cc1OC(=O)CCC. The van der Waals surface area contributed by atoms with E-state index >= 15 is 0 Å². The highest BCUT2D eigenvalue weighted by Gasteiger charge is 2.13. The number of ether oxygens (including phenoxy) is 1. The van der Waals surface area contributed by atoms with Gasteiger partial charge in [0.15, 0.2) is 0 Å². The number of benzene rings is 1. The van der Waals surface area contributed by atoms with Gasteiger partial charge in [0, 0.05) is 42.7 Å². The average molecular weight is 442 g/mol. The number of anilines is 1. The topological polar surface area (TPSA) is 53.6 Å². The van der Waals surface area contributed by atoms with E-state index < -0.39 is 0 Å². The van der Waals surface area contributed by atoms with Crippen LogP contribution in [0.2, 0.25) is 0 Å². The molecule has 0 spiro atoms. The number of hydrogen-bond acceptors (Lipinski definition) is 5. The Kier molecular flexibility index (Phi) is 11.9. The lowest BCUT2D eigenvalue weighted by atomic mass is 9.91. The number of hydrogen-bond donors (Lipinski definition) is 2. The summed E-state index contributed by atoms with van der Waals surface area (Å²) >= 11 is 0. The molecule has 0 saturated carbocycles. The lowest BCUT2D eigenvalue weighted by Crippen LogP contribution is -2.34. The molecule has 1 atom stereocenters. The lowest BCUT2D eigenvalue weighted by Gasteiger charge is -2.25. The number of nitrogens with zero attached hydrogens (tertiary/aromatic N) is 1. The van der Waals surface area contributed by atoms with Crippen molar-refractivity contribution in [2.45, 2.75) is 67.7 Å². The van der Waals surface area contributed by atoms with E-state index in [1.165, 1.54) is 5.57 Å². The van der Waals surface area contributed by atoms with Crippen molar-refractivity contribution in [1.29, 1.82) is 0 Å². The smallest absolute Gasteiger partial charge is 0.311 e. The number of nitrogens with one attached hydrogen (secondary N) is 2. The Morgan fingerprint density at radius 2 is 1.91 bits per heavy atom. The molecule has 5 heteroatoms. The predicted octanol–water partition coefficient (Wildman–Crippen LogP) is 6.76. The van der Waals surface area contributed by atoms with Crippen molar-refractivity contribution in [2.24, 2.45) is 11.8 Å². The van der Waals surface area contributed by atoms with Crippen LogP contribution in [0, 0.1) is 11.8 Å². The Morgan fingerprint density at radius 1 is 1.22 bits per heavy atom. The van der Waals surface area contributed by atoms with Crippen LogP contribution in [0.3, 0.4) is 0 Å². The van der Waals surface area contributed by atoms with Gasteiger partial charge in [-0.3, -0.25) is 4.79 Å². The first-order valence-electron chi connectivity index (χ1n) is 11.7. The molecule has 5 nitrogen and oxygen atoms in total. The Morgan fingerprint density at radius 3 is 2.44 bits per heavy atom. The van der Waals surface area contributed by atoms with Crippen molar-refractivity contribution < 1.29 is 9.53 Å². The summed E-state index contributed by atoms with van der Waals surface area (Å²) in [4.78, 5) is 12.1. The molecular weight excluding hydrogens is 398 g/mol. The molecule has 1 aromatic carbocycles. The predicted molar refractivity (Wildman–Crippen MR) is 137 cm³/mol. The second kappa shape index (κ2) is 13.8. The molecule has 1 unspecified atom stereocenters. The normalized spacial score (nSPS) is 13.2. The summed E-state index contributed by atoms with van der Waals surface area (Å²) in [6.07, 6.45) is 6.41. The van der Waals surface area contributed by atoms with Crippen molar-refractivity contribution >= 4 is 17.2 Å². The summed E-state index contributed by atoms with van der Waals surface area (Å²) in [7, 11) is 1.93. The molecular formula is C27H43N3O2. The first kappa shape index (κ1) is 27.5. The van der Waals surface area contributed by atoms with Crippen LogP contribution in [0.4, 0.5) is 5.69 Å². The van der Waals surface area contributed by atoms with Gasteiger partial charge in [-0.25, -0.2) is 5.43 Å². The summed E-state index contributed by atoms with van der Waals surface area (Å²) < 4.78 is 5.64. The molecule has 0 aliphatic carbocycles. The second-order valence-corrected chi connectivity index (χ2v) is 8.74. The Balaban J connectivity index is 3.11. The maximum absolute atomic E-state index is 12.1. The molecule has 0 aliphatic heterocycles. The van der Waals surface area contributed by atoms with E-state index in [0.717, 1.165) is 35.4 Å². The molecule has 0 radical (unpaired) electrons. The van der Waals surface area contributed by atoms with E-state index in [4.69, 9.17) is 4.74 Å². The summed E-state index contributed by atoms with van der Waals surface area (Å²) in [5, 5.41) is 5.60. The fourth-order valence-electron chi connectivity index (χ4n) is 3.26. The van der Waals surface area contributed by atoms with Crippen LogP contribution in [-0.4, -0.2) is 24.6 Å². The zero-order valence-electron chi connectivity index (χ0n) is 21.3. The maximum atomic E-state index is 12.1. The minimum absolute atomic E-state index is 0.224. The van der Waals surface area contributed by atoms with Gasteiger partial charge in [-0.2, -0.15) is 0 Å². The Bertz CT molecular complexity index is 824. The van der Waals surface area contributed by atoms with Crippen molar-refractivity contribution in [1.82, 2.24) is 10.4 Å². The third-order valence-corrected chi connectivity index (χ3v) is 5.58. The van der Waals surface area contributed by atoms with E-state index in [0.29, 0.717) is 30.6 Å². The molecule has 2 N–H and O–H groups in total. The minimum Gasteiger partial charge on any atom is -0.426 e. The molecule has 32 heavy (non-hydrogen) atoms. The quantitative estimate of drug-likeness (QED) is 0.201. The molecule has 0 aliphatic rings.